The van der Waals surface area contributed by atoms with E-state index in [9.17, 15) is 14.4 Å². The third-order valence-electron chi connectivity index (χ3n) is 6.91. The first-order chi connectivity index (χ1) is 14.7. The van der Waals surface area contributed by atoms with E-state index in [2.05, 4.69) is 53.1 Å². The zero-order valence-corrected chi connectivity index (χ0v) is 22.6. The number of hydrogen-bond donors (Lipinski definition) is 1. The first-order valence-electron chi connectivity index (χ1n) is 10.6. The SMILES string of the molecule is Cc1cc(Br)c(Cl)cc1NC(=O)CCCCCN1C(=O)[C@@H]2[C@H]3C[C@@H]([C@H](Br)[C@@H]3Br)[C@@H]2C1=O. The zero-order valence-electron chi connectivity index (χ0n) is 17.0. The van der Waals surface area contributed by atoms with E-state index in [-0.39, 0.29) is 51.0 Å². The van der Waals surface area contributed by atoms with Crippen molar-refractivity contribution in [1.29, 1.82) is 0 Å². The third kappa shape index (κ3) is 4.38. The highest BCUT2D eigenvalue weighted by Crippen LogP contribution is 2.60. The van der Waals surface area contributed by atoms with Gasteiger partial charge in [-0.3, -0.25) is 19.3 Å². The summed E-state index contributed by atoms with van der Waals surface area (Å²) in [6, 6.07) is 3.61. The molecule has 1 heterocycles. The third-order valence-corrected chi connectivity index (χ3v) is 11.3. The van der Waals surface area contributed by atoms with E-state index in [0.717, 1.165) is 29.3 Å². The minimum absolute atomic E-state index is 0.00619. The molecule has 1 aliphatic heterocycles. The lowest BCUT2D eigenvalue weighted by atomic mass is 9.81. The van der Waals surface area contributed by atoms with Crippen molar-refractivity contribution in [2.75, 3.05) is 11.9 Å². The van der Waals surface area contributed by atoms with E-state index < -0.39 is 0 Å². The van der Waals surface area contributed by atoms with Gasteiger partial charge in [-0.1, -0.05) is 49.9 Å². The smallest absolute Gasteiger partial charge is 0.233 e. The van der Waals surface area contributed by atoms with Crippen molar-refractivity contribution >= 4 is 82.8 Å². The van der Waals surface area contributed by atoms with Crippen LogP contribution in [0.5, 0.6) is 0 Å². The van der Waals surface area contributed by atoms with E-state index in [1.807, 2.05) is 13.0 Å². The van der Waals surface area contributed by atoms with Crippen molar-refractivity contribution in [2.24, 2.45) is 23.7 Å². The molecular formula is C22H24Br3ClN2O3. The molecule has 31 heavy (non-hydrogen) atoms. The molecule has 5 nitrogen and oxygen atoms in total. The fraction of sp³-hybridized carbons (Fsp3) is 0.591. The van der Waals surface area contributed by atoms with Gasteiger partial charge in [-0.05, 0) is 71.6 Å². The number of halogens is 4. The van der Waals surface area contributed by atoms with Gasteiger partial charge < -0.3 is 5.32 Å². The number of imide groups is 1. The predicted molar refractivity (Wildman–Crippen MR) is 132 cm³/mol. The minimum Gasteiger partial charge on any atom is -0.326 e. The Labute approximate surface area is 212 Å². The molecule has 168 valence electrons. The minimum atomic E-state index is -0.151. The lowest BCUT2D eigenvalue weighted by Gasteiger charge is -2.28. The highest BCUT2D eigenvalue weighted by atomic mass is 79.9. The number of rotatable bonds is 7. The molecule has 2 saturated carbocycles. The summed E-state index contributed by atoms with van der Waals surface area (Å²) in [7, 11) is 0. The molecule has 2 bridgehead atoms. The molecule has 3 aliphatic rings. The van der Waals surface area contributed by atoms with Gasteiger partial charge in [0.15, 0.2) is 0 Å². The number of nitrogens with one attached hydrogen (secondary N) is 1. The molecule has 1 aromatic rings. The van der Waals surface area contributed by atoms with Crippen molar-refractivity contribution in [3.05, 3.63) is 27.2 Å². The lowest BCUT2D eigenvalue weighted by Crippen LogP contribution is -2.37. The van der Waals surface area contributed by atoms with Gasteiger partial charge in [0.1, 0.15) is 0 Å². The average Bonchev–Trinajstić information content (AvgIpc) is 3.32. The molecule has 1 N–H and O–H groups in total. The summed E-state index contributed by atoms with van der Waals surface area (Å²) < 4.78 is 0.797. The van der Waals surface area contributed by atoms with Gasteiger partial charge in [0.2, 0.25) is 17.7 Å². The van der Waals surface area contributed by atoms with Crippen molar-refractivity contribution < 1.29 is 14.4 Å². The van der Waals surface area contributed by atoms with Gasteiger partial charge in [-0.2, -0.15) is 0 Å². The Morgan fingerprint density at radius 1 is 1.10 bits per heavy atom. The summed E-state index contributed by atoms with van der Waals surface area (Å²) in [4.78, 5) is 40.0. The molecule has 2 aliphatic carbocycles. The topological polar surface area (TPSA) is 66.5 Å². The molecule has 0 unspecified atom stereocenters. The Hall–Kier alpha value is -0.440. The number of likely N-dealkylation sites (tertiary alicyclic amines) is 1. The number of benzene rings is 1. The molecule has 3 amide bonds. The van der Waals surface area contributed by atoms with Crippen molar-refractivity contribution in [2.45, 2.75) is 48.7 Å². The van der Waals surface area contributed by atoms with Crippen LogP contribution in [0.15, 0.2) is 16.6 Å². The Morgan fingerprint density at radius 3 is 2.32 bits per heavy atom. The number of carbonyl (C=O) groups excluding carboxylic acids is 3. The van der Waals surface area contributed by atoms with Crippen LogP contribution < -0.4 is 5.32 Å². The quantitative estimate of drug-likeness (QED) is 0.237. The zero-order chi connectivity index (χ0) is 22.4. The molecule has 4 rings (SSSR count). The summed E-state index contributed by atoms with van der Waals surface area (Å²) >= 11 is 16.9. The van der Waals surface area contributed by atoms with Crippen LogP contribution in [0.2, 0.25) is 5.02 Å². The van der Waals surface area contributed by atoms with Crippen LogP contribution >= 0.6 is 59.4 Å². The van der Waals surface area contributed by atoms with Crippen molar-refractivity contribution in [1.82, 2.24) is 4.90 Å². The van der Waals surface area contributed by atoms with E-state index in [1.165, 1.54) is 4.90 Å². The van der Waals surface area contributed by atoms with Gasteiger partial charge in [-0.15, -0.1) is 0 Å². The summed E-state index contributed by atoms with van der Waals surface area (Å²) in [6.07, 6.45) is 3.55. The summed E-state index contributed by atoms with van der Waals surface area (Å²) in [5.41, 5.74) is 1.65. The normalized spacial score (nSPS) is 31.5. The molecule has 9 heteroatoms. The molecular weight excluding hydrogens is 615 g/mol. The van der Waals surface area contributed by atoms with Crippen LogP contribution in [0.25, 0.3) is 0 Å². The maximum absolute atomic E-state index is 12.9. The van der Waals surface area contributed by atoms with Gasteiger partial charge in [0.25, 0.3) is 0 Å². The van der Waals surface area contributed by atoms with Crippen LogP contribution in [0.3, 0.4) is 0 Å². The van der Waals surface area contributed by atoms with Gasteiger partial charge >= 0.3 is 0 Å². The van der Waals surface area contributed by atoms with Crippen LogP contribution in [0, 0.1) is 30.6 Å². The highest BCUT2D eigenvalue weighted by molar-refractivity contribution is 9.12. The van der Waals surface area contributed by atoms with E-state index in [4.69, 9.17) is 11.6 Å². The van der Waals surface area contributed by atoms with Gasteiger partial charge in [-0.25, -0.2) is 0 Å². The lowest BCUT2D eigenvalue weighted by molar-refractivity contribution is -0.140. The van der Waals surface area contributed by atoms with E-state index in [0.29, 0.717) is 30.1 Å². The van der Waals surface area contributed by atoms with E-state index in [1.54, 1.807) is 6.07 Å². The van der Waals surface area contributed by atoms with Gasteiger partial charge in [0, 0.05) is 32.8 Å². The second-order valence-corrected chi connectivity index (χ2v) is 12.1. The number of amides is 3. The highest BCUT2D eigenvalue weighted by Gasteiger charge is 2.66. The molecule has 6 atom stereocenters. The van der Waals surface area contributed by atoms with Crippen LogP contribution in [0.4, 0.5) is 5.69 Å². The molecule has 0 spiro atoms. The standard InChI is InChI=1S/C22H24Br3ClN2O3/c1-10-7-13(23)14(26)9-15(10)27-16(29)5-3-2-4-6-28-21(30)17-11-8-12(18(17)22(28)31)20(25)19(11)24/h7,9,11-12,17-20H,2-6,8H2,1H3,(H,27,29)/t11-,12-,17-,18+,19-,20+/m1/s1. The maximum Gasteiger partial charge on any atom is 0.233 e. The Kier molecular flexibility index (Phi) is 7.21. The summed E-state index contributed by atoms with van der Waals surface area (Å²) in [5.74, 6) is 0.149. The molecule has 1 aromatic carbocycles. The first kappa shape index (κ1) is 23.7. The van der Waals surface area contributed by atoms with Crippen LogP contribution in [0.1, 0.15) is 37.7 Å². The maximum atomic E-state index is 12.9. The predicted octanol–water partition coefficient (Wildman–Crippen LogP) is 5.69. The number of nitrogens with zero attached hydrogens (tertiary/aromatic N) is 1. The summed E-state index contributed by atoms with van der Waals surface area (Å²) in [6.45, 7) is 2.37. The van der Waals surface area contributed by atoms with Crippen molar-refractivity contribution in [3.63, 3.8) is 0 Å². The fourth-order valence-electron chi connectivity index (χ4n) is 5.36. The number of unbranched alkanes of at least 4 members (excludes halogenated alkanes) is 2. The Balaban J connectivity index is 1.22. The average molecular weight is 640 g/mol. The second kappa shape index (κ2) is 9.43. The number of anilines is 1. The Bertz CT molecular complexity index is 896. The monoisotopic (exact) mass is 636 g/mol. The van der Waals surface area contributed by atoms with Gasteiger partial charge in [0.05, 0.1) is 16.9 Å². The fourth-order valence-corrected chi connectivity index (χ4v) is 7.85. The number of hydrogen-bond acceptors (Lipinski definition) is 3. The number of fused-ring (bicyclic) bond motifs is 5. The second-order valence-electron chi connectivity index (χ2n) is 8.77. The molecule has 0 aromatic heterocycles. The number of aryl methyl sites for hydroxylation is 1. The van der Waals surface area contributed by atoms with Crippen LogP contribution in [-0.4, -0.2) is 38.8 Å². The van der Waals surface area contributed by atoms with Crippen molar-refractivity contribution in [3.8, 4) is 0 Å². The first-order valence-corrected chi connectivity index (χ1v) is 13.6. The van der Waals surface area contributed by atoms with E-state index >= 15 is 0 Å². The largest absolute Gasteiger partial charge is 0.326 e. The summed E-state index contributed by atoms with van der Waals surface area (Å²) in [5, 5.41) is 3.46. The number of carbonyl (C=O) groups is 3. The van der Waals surface area contributed by atoms with Crippen LogP contribution in [-0.2, 0) is 14.4 Å². The molecule has 1 saturated heterocycles. The molecule has 3 fully saturated rings. The Morgan fingerprint density at radius 2 is 1.71 bits per heavy atom. The number of alkyl halides is 2. The molecule has 0 radical (unpaired) electrons.